The second-order valence-electron chi connectivity index (χ2n) is 5.78. The van der Waals surface area contributed by atoms with E-state index < -0.39 is 0 Å². The van der Waals surface area contributed by atoms with Gasteiger partial charge in [0.2, 0.25) is 5.91 Å². The SMILES string of the molecule is Cc1nc(NC(=O)[C@@H](C)Sc2nnc(-c3ccc(Cl)cc3)n2C)sc1C. The number of thioether (sulfide) groups is 1. The van der Waals surface area contributed by atoms with Crippen molar-refractivity contribution in [2.45, 2.75) is 31.2 Å². The van der Waals surface area contributed by atoms with E-state index in [0.29, 0.717) is 15.3 Å². The first-order valence-electron chi connectivity index (χ1n) is 7.92. The van der Waals surface area contributed by atoms with Gasteiger partial charge in [-0.15, -0.1) is 21.5 Å². The van der Waals surface area contributed by atoms with Gasteiger partial charge in [-0.3, -0.25) is 4.79 Å². The first-order valence-corrected chi connectivity index (χ1v) is 9.99. The van der Waals surface area contributed by atoms with Crippen molar-refractivity contribution >= 4 is 45.7 Å². The van der Waals surface area contributed by atoms with Crippen molar-refractivity contribution in [3.8, 4) is 11.4 Å². The molecule has 2 heterocycles. The zero-order chi connectivity index (χ0) is 18.8. The van der Waals surface area contributed by atoms with Gasteiger partial charge in [0.05, 0.1) is 10.9 Å². The number of halogens is 1. The van der Waals surface area contributed by atoms with Crippen molar-refractivity contribution in [1.29, 1.82) is 0 Å². The molecule has 1 N–H and O–H groups in total. The molecule has 0 radical (unpaired) electrons. The number of carbonyl (C=O) groups is 1. The van der Waals surface area contributed by atoms with Gasteiger partial charge in [-0.1, -0.05) is 23.4 Å². The molecule has 3 aromatic rings. The number of aryl methyl sites for hydroxylation is 2. The summed E-state index contributed by atoms with van der Waals surface area (Å²) < 4.78 is 1.87. The number of nitrogens with zero attached hydrogens (tertiary/aromatic N) is 4. The minimum atomic E-state index is -0.333. The number of benzene rings is 1. The smallest absolute Gasteiger partial charge is 0.239 e. The lowest BCUT2D eigenvalue weighted by Crippen LogP contribution is -2.22. The minimum Gasteiger partial charge on any atom is -0.305 e. The Morgan fingerprint density at radius 1 is 1.27 bits per heavy atom. The number of amides is 1. The van der Waals surface area contributed by atoms with Crippen molar-refractivity contribution in [1.82, 2.24) is 19.7 Å². The summed E-state index contributed by atoms with van der Waals surface area (Å²) in [7, 11) is 1.88. The van der Waals surface area contributed by atoms with Gasteiger partial charge in [-0.2, -0.15) is 0 Å². The van der Waals surface area contributed by atoms with Gasteiger partial charge in [0.15, 0.2) is 16.1 Å². The topological polar surface area (TPSA) is 72.7 Å². The molecule has 3 rings (SSSR count). The Hall–Kier alpha value is -1.90. The number of rotatable bonds is 5. The summed E-state index contributed by atoms with van der Waals surface area (Å²) in [6, 6.07) is 7.41. The fraction of sp³-hybridized carbons (Fsp3) is 0.294. The van der Waals surface area contributed by atoms with E-state index in [1.807, 2.05) is 56.7 Å². The Bertz CT molecular complexity index is 916. The van der Waals surface area contributed by atoms with Gasteiger partial charge >= 0.3 is 0 Å². The predicted octanol–water partition coefficient (Wildman–Crippen LogP) is 4.33. The number of carbonyl (C=O) groups excluding carboxylic acids is 1. The average molecular weight is 408 g/mol. The van der Waals surface area contributed by atoms with Crippen LogP contribution in [-0.2, 0) is 11.8 Å². The lowest BCUT2D eigenvalue weighted by molar-refractivity contribution is -0.115. The molecule has 0 bridgehead atoms. The van der Waals surface area contributed by atoms with E-state index in [-0.39, 0.29) is 11.2 Å². The largest absolute Gasteiger partial charge is 0.305 e. The van der Waals surface area contributed by atoms with Gasteiger partial charge in [0.25, 0.3) is 0 Å². The highest BCUT2D eigenvalue weighted by atomic mass is 35.5. The molecule has 1 atom stereocenters. The Morgan fingerprint density at radius 3 is 2.58 bits per heavy atom. The van der Waals surface area contributed by atoms with E-state index in [1.54, 1.807) is 0 Å². The molecule has 0 saturated heterocycles. The summed E-state index contributed by atoms with van der Waals surface area (Å²) >= 11 is 8.76. The Labute approximate surface area is 165 Å². The number of hydrogen-bond donors (Lipinski definition) is 1. The van der Waals surface area contributed by atoms with E-state index in [4.69, 9.17) is 11.6 Å². The molecule has 0 aliphatic rings. The number of hydrogen-bond acceptors (Lipinski definition) is 6. The lowest BCUT2D eigenvalue weighted by atomic mass is 10.2. The number of nitrogens with one attached hydrogen (secondary N) is 1. The number of aromatic nitrogens is 4. The third kappa shape index (κ3) is 4.08. The molecule has 136 valence electrons. The fourth-order valence-electron chi connectivity index (χ4n) is 2.21. The molecule has 0 unspecified atom stereocenters. The molecule has 0 spiro atoms. The van der Waals surface area contributed by atoms with Crippen LogP contribution < -0.4 is 5.32 Å². The standard InChI is InChI=1S/C17H18ClN5OS2/c1-9-10(2)25-16(19-9)20-15(24)11(3)26-17-22-21-14(23(17)4)12-5-7-13(18)8-6-12/h5-8,11H,1-4H3,(H,19,20,24)/t11-/m1/s1. The molecule has 0 aliphatic heterocycles. The van der Waals surface area contributed by atoms with Crippen LogP contribution in [0.2, 0.25) is 5.02 Å². The van der Waals surface area contributed by atoms with E-state index in [0.717, 1.165) is 22.0 Å². The number of thiazole rings is 1. The Balaban J connectivity index is 1.70. The van der Waals surface area contributed by atoms with E-state index in [1.165, 1.54) is 23.1 Å². The molecule has 2 aromatic heterocycles. The monoisotopic (exact) mass is 407 g/mol. The summed E-state index contributed by atoms with van der Waals surface area (Å²) in [4.78, 5) is 17.9. The quantitative estimate of drug-likeness (QED) is 0.637. The van der Waals surface area contributed by atoms with E-state index >= 15 is 0 Å². The summed E-state index contributed by atoms with van der Waals surface area (Å²) in [5.41, 5.74) is 1.86. The molecule has 1 aromatic carbocycles. The highest BCUT2D eigenvalue weighted by Gasteiger charge is 2.20. The lowest BCUT2D eigenvalue weighted by Gasteiger charge is -2.10. The highest BCUT2D eigenvalue weighted by Crippen LogP contribution is 2.28. The van der Waals surface area contributed by atoms with Crippen molar-refractivity contribution in [3.63, 3.8) is 0 Å². The first kappa shape index (κ1) is 18.9. The maximum Gasteiger partial charge on any atom is 0.239 e. The molecule has 0 aliphatic carbocycles. The summed E-state index contributed by atoms with van der Waals surface area (Å²) in [5, 5.41) is 12.9. The van der Waals surface area contributed by atoms with Crippen LogP contribution in [0.5, 0.6) is 0 Å². The van der Waals surface area contributed by atoms with Gasteiger partial charge in [-0.05, 0) is 45.0 Å². The normalized spacial score (nSPS) is 12.2. The van der Waals surface area contributed by atoms with Crippen molar-refractivity contribution in [2.75, 3.05) is 5.32 Å². The van der Waals surface area contributed by atoms with Crippen LogP contribution in [0.25, 0.3) is 11.4 Å². The number of anilines is 1. The molecule has 6 nitrogen and oxygen atoms in total. The van der Waals surface area contributed by atoms with Gasteiger partial charge in [0.1, 0.15) is 0 Å². The van der Waals surface area contributed by atoms with Crippen LogP contribution in [-0.4, -0.2) is 30.9 Å². The van der Waals surface area contributed by atoms with Crippen LogP contribution in [0.15, 0.2) is 29.4 Å². The van der Waals surface area contributed by atoms with Crippen LogP contribution in [0.1, 0.15) is 17.5 Å². The highest BCUT2D eigenvalue weighted by molar-refractivity contribution is 8.00. The second-order valence-corrected chi connectivity index (χ2v) is 8.73. The summed E-state index contributed by atoms with van der Waals surface area (Å²) in [6.07, 6.45) is 0. The van der Waals surface area contributed by atoms with Crippen LogP contribution in [0, 0.1) is 13.8 Å². The second kappa shape index (κ2) is 7.77. The maximum absolute atomic E-state index is 12.4. The van der Waals surface area contributed by atoms with Gasteiger partial charge in [-0.25, -0.2) is 4.98 Å². The predicted molar refractivity (Wildman–Crippen MR) is 107 cm³/mol. The molecular weight excluding hydrogens is 390 g/mol. The Morgan fingerprint density at radius 2 is 1.96 bits per heavy atom. The zero-order valence-electron chi connectivity index (χ0n) is 14.8. The average Bonchev–Trinajstić information content (AvgIpc) is 3.11. The molecule has 26 heavy (non-hydrogen) atoms. The van der Waals surface area contributed by atoms with E-state index in [2.05, 4.69) is 20.5 Å². The van der Waals surface area contributed by atoms with Crippen LogP contribution >= 0.6 is 34.7 Å². The molecule has 0 saturated carbocycles. The van der Waals surface area contributed by atoms with Crippen LogP contribution in [0.4, 0.5) is 5.13 Å². The van der Waals surface area contributed by atoms with Crippen molar-refractivity contribution in [3.05, 3.63) is 39.9 Å². The third-order valence-corrected chi connectivity index (χ3v) is 6.22. The minimum absolute atomic E-state index is 0.111. The third-order valence-electron chi connectivity index (χ3n) is 3.85. The van der Waals surface area contributed by atoms with Crippen molar-refractivity contribution in [2.24, 2.45) is 7.05 Å². The summed E-state index contributed by atoms with van der Waals surface area (Å²) in [5.74, 6) is 0.614. The van der Waals surface area contributed by atoms with E-state index in [9.17, 15) is 4.79 Å². The first-order chi connectivity index (χ1) is 12.3. The molecular formula is C17H18ClN5OS2. The van der Waals surface area contributed by atoms with Crippen LogP contribution in [0.3, 0.4) is 0 Å². The molecule has 1 amide bonds. The van der Waals surface area contributed by atoms with Gasteiger partial charge in [0, 0.05) is 22.5 Å². The maximum atomic E-state index is 12.4. The van der Waals surface area contributed by atoms with Gasteiger partial charge < -0.3 is 9.88 Å². The molecule has 0 fully saturated rings. The van der Waals surface area contributed by atoms with Crippen molar-refractivity contribution < 1.29 is 4.79 Å². The Kier molecular flexibility index (Phi) is 5.64. The fourth-order valence-corrected chi connectivity index (χ4v) is 3.97. The molecule has 9 heteroatoms. The summed E-state index contributed by atoms with van der Waals surface area (Å²) in [6.45, 7) is 5.75. The zero-order valence-corrected chi connectivity index (χ0v) is 17.2.